The van der Waals surface area contributed by atoms with Crippen LogP contribution in [0.3, 0.4) is 0 Å². The van der Waals surface area contributed by atoms with Crippen LogP contribution in [-0.2, 0) is 4.79 Å². The fourth-order valence-electron chi connectivity index (χ4n) is 2.75. The second-order valence-electron chi connectivity index (χ2n) is 5.03. The van der Waals surface area contributed by atoms with Gasteiger partial charge in [-0.05, 0) is 24.2 Å². The molecule has 0 heterocycles. The van der Waals surface area contributed by atoms with Crippen molar-refractivity contribution in [3.05, 3.63) is 0 Å². The second kappa shape index (κ2) is 3.00. The average molecular weight is 184 g/mol. The van der Waals surface area contributed by atoms with Crippen molar-refractivity contribution in [2.75, 3.05) is 0 Å². The van der Waals surface area contributed by atoms with Crippen molar-refractivity contribution in [2.24, 2.45) is 16.7 Å². The fourth-order valence-corrected chi connectivity index (χ4v) is 2.75. The fraction of sp³-hybridized carbons (Fsp3) is 0.909. The lowest BCUT2D eigenvalue weighted by atomic mass is 9.81. The van der Waals surface area contributed by atoms with Crippen LogP contribution in [0.4, 0.5) is 0 Å². The van der Waals surface area contributed by atoms with Crippen LogP contribution in [0.25, 0.3) is 0 Å². The van der Waals surface area contributed by atoms with Crippen molar-refractivity contribution in [2.45, 2.75) is 47.0 Å². The topological polar surface area (TPSA) is 37.3 Å². The highest BCUT2D eigenvalue weighted by Crippen LogP contribution is 2.68. The monoisotopic (exact) mass is 184 g/mol. The van der Waals surface area contributed by atoms with Crippen molar-refractivity contribution >= 4 is 5.97 Å². The molecule has 1 rings (SSSR count). The molecule has 13 heavy (non-hydrogen) atoms. The molecule has 2 unspecified atom stereocenters. The molecule has 0 saturated heterocycles. The van der Waals surface area contributed by atoms with Gasteiger partial charge in [0.05, 0.1) is 5.41 Å². The summed E-state index contributed by atoms with van der Waals surface area (Å²) in [7, 11) is 0. The van der Waals surface area contributed by atoms with E-state index in [2.05, 4.69) is 27.7 Å². The number of rotatable bonds is 4. The van der Waals surface area contributed by atoms with E-state index in [-0.39, 0.29) is 5.41 Å². The Morgan fingerprint density at radius 1 is 1.54 bits per heavy atom. The number of hydrogen-bond donors (Lipinski definition) is 1. The van der Waals surface area contributed by atoms with Gasteiger partial charge in [0.25, 0.3) is 0 Å². The van der Waals surface area contributed by atoms with E-state index in [1.807, 2.05) is 0 Å². The molecule has 1 N–H and O–H groups in total. The first-order valence-electron chi connectivity index (χ1n) is 5.12. The van der Waals surface area contributed by atoms with Gasteiger partial charge in [0, 0.05) is 0 Å². The molecule has 1 saturated carbocycles. The minimum absolute atomic E-state index is 0.00736. The molecule has 0 aliphatic heterocycles. The lowest BCUT2D eigenvalue weighted by Gasteiger charge is -2.22. The van der Waals surface area contributed by atoms with Crippen LogP contribution in [0.2, 0.25) is 0 Å². The lowest BCUT2D eigenvalue weighted by Crippen LogP contribution is -2.28. The molecular formula is C11H20O2. The SMILES string of the molecule is CCCC(C)C1(C(=O)O)CC1(C)C. The maximum absolute atomic E-state index is 11.2. The molecule has 0 aromatic rings. The number of carboxylic acids is 1. The molecule has 0 radical (unpaired) electrons. The largest absolute Gasteiger partial charge is 0.481 e. The summed E-state index contributed by atoms with van der Waals surface area (Å²) in [6.07, 6.45) is 2.94. The van der Waals surface area contributed by atoms with Crippen LogP contribution in [0.1, 0.15) is 47.0 Å². The van der Waals surface area contributed by atoms with E-state index in [1.165, 1.54) is 0 Å². The summed E-state index contributed by atoms with van der Waals surface area (Å²) in [6, 6.07) is 0. The van der Waals surface area contributed by atoms with E-state index < -0.39 is 11.4 Å². The third kappa shape index (κ3) is 1.36. The minimum atomic E-state index is -0.599. The van der Waals surface area contributed by atoms with Crippen molar-refractivity contribution in [3.63, 3.8) is 0 Å². The molecule has 0 aromatic carbocycles. The lowest BCUT2D eigenvalue weighted by molar-refractivity contribution is -0.147. The average Bonchev–Trinajstić information content (AvgIpc) is 2.56. The van der Waals surface area contributed by atoms with E-state index in [0.29, 0.717) is 5.92 Å². The predicted octanol–water partition coefficient (Wildman–Crippen LogP) is 2.92. The van der Waals surface area contributed by atoms with Gasteiger partial charge in [0.15, 0.2) is 0 Å². The predicted molar refractivity (Wildman–Crippen MR) is 52.5 cm³/mol. The molecule has 0 bridgehead atoms. The number of hydrogen-bond acceptors (Lipinski definition) is 1. The van der Waals surface area contributed by atoms with E-state index in [4.69, 9.17) is 0 Å². The van der Waals surface area contributed by atoms with Gasteiger partial charge >= 0.3 is 5.97 Å². The first-order chi connectivity index (χ1) is 5.88. The Labute approximate surface area is 80.3 Å². The van der Waals surface area contributed by atoms with E-state index >= 15 is 0 Å². The molecule has 0 amide bonds. The zero-order valence-corrected chi connectivity index (χ0v) is 9.05. The van der Waals surface area contributed by atoms with Gasteiger partial charge < -0.3 is 5.11 Å². The van der Waals surface area contributed by atoms with Gasteiger partial charge in [-0.3, -0.25) is 4.79 Å². The van der Waals surface area contributed by atoms with E-state index in [9.17, 15) is 9.90 Å². The highest BCUT2D eigenvalue weighted by molar-refractivity contribution is 5.80. The molecular weight excluding hydrogens is 164 g/mol. The minimum Gasteiger partial charge on any atom is -0.481 e. The molecule has 2 atom stereocenters. The van der Waals surface area contributed by atoms with Gasteiger partial charge in [-0.1, -0.05) is 34.1 Å². The summed E-state index contributed by atoms with van der Waals surface area (Å²) in [5.74, 6) is -0.288. The summed E-state index contributed by atoms with van der Waals surface area (Å²) in [5, 5.41) is 9.24. The molecule has 2 nitrogen and oxygen atoms in total. The summed E-state index contributed by atoms with van der Waals surface area (Å²) < 4.78 is 0. The van der Waals surface area contributed by atoms with Gasteiger partial charge in [-0.2, -0.15) is 0 Å². The van der Waals surface area contributed by atoms with E-state index in [0.717, 1.165) is 19.3 Å². The van der Waals surface area contributed by atoms with Crippen LogP contribution in [-0.4, -0.2) is 11.1 Å². The maximum Gasteiger partial charge on any atom is 0.310 e. The maximum atomic E-state index is 11.2. The summed E-state index contributed by atoms with van der Waals surface area (Å²) in [6.45, 7) is 8.31. The Bertz CT molecular complexity index is 220. The highest BCUT2D eigenvalue weighted by Gasteiger charge is 2.68. The van der Waals surface area contributed by atoms with Crippen molar-refractivity contribution in [1.82, 2.24) is 0 Å². The molecule has 1 fully saturated rings. The van der Waals surface area contributed by atoms with Gasteiger partial charge in [0.2, 0.25) is 0 Å². The molecule has 1 aliphatic carbocycles. The molecule has 0 spiro atoms. The standard InChI is InChI=1S/C11H20O2/c1-5-6-8(2)11(9(12)13)7-10(11,3)4/h8H,5-7H2,1-4H3,(H,12,13). The van der Waals surface area contributed by atoms with Crippen molar-refractivity contribution < 1.29 is 9.90 Å². The number of aliphatic carboxylic acids is 1. The Morgan fingerprint density at radius 2 is 2.00 bits per heavy atom. The van der Waals surface area contributed by atoms with Crippen molar-refractivity contribution in [1.29, 1.82) is 0 Å². The summed E-state index contributed by atoms with van der Waals surface area (Å²) in [5.41, 5.74) is -0.420. The number of carbonyl (C=O) groups is 1. The zero-order valence-electron chi connectivity index (χ0n) is 9.05. The molecule has 76 valence electrons. The number of carboxylic acid groups (broad SMARTS) is 1. The normalized spacial score (nSPS) is 32.6. The van der Waals surface area contributed by atoms with Crippen LogP contribution in [0, 0.1) is 16.7 Å². The van der Waals surface area contributed by atoms with Gasteiger partial charge in [-0.15, -0.1) is 0 Å². The van der Waals surface area contributed by atoms with Crippen LogP contribution in [0.5, 0.6) is 0 Å². The summed E-state index contributed by atoms with van der Waals surface area (Å²) >= 11 is 0. The third-order valence-corrected chi connectivity index (χ3v) is 3.75. The Kier molecular flexibility index (Phi) is 2.44. The first-order valence-corrected chi connectivity index (χ1v) is 5.12. The van der Waals surface area contributed by atoms with Gasteiger partial charge in [-0.25, -0.2) is 0 Å². The summed E-state index contributed by atoms with van der Waals surface area (Å²) in [4.78, 5) is 11.2. The van der Waals surface area contributed by atoms with Gasteiger partial charge in [0.1, 0.15) is 0 Å². The smallest absolute Gasteiger partial charge is 0.310 e. The van der Waals surface area contributed by atoms with Crippen LogP contribution in [0.15, 0.2) is 0 Å². The molecule has 1 aliphatic rings. The van der Waals surface area contributed by atoms with Crippen LogP contribution < -0.4 is 0 Å². The Balaban J connectivity index is 2.78. The van der Waals surface area contributed by atoms with E-state index in [1.54, 1.807) is 0 Å². The Morgan fingerprint density at radius 3 is 2.23 bits per heavy atom. The quantitative estimate of drug-likeness (QED) is 0.729. The molecule has 0 aromatic heterocycles. The zero-order chi connectivity index (χ0) is 10.3. The second-order valence-corrected chi connectivity index (χ2v) is 5.03. The first kappa shape index (κ1) is 10.6. The third-order valence-electron chi connectivity index (χ3n) is 3.75. The van der Waals surface area contributed by atoms with Crippen molar-refractivity contribution in [3.8, 4) is 0 Å². The highest BCUT2D eigenvalue weighted by atomic mass is 16.4. The Hall–Kier alpha value is -0.530. The molecule has 2 heteroatoms. The van der Waals surface area contributed by atoms with Crippen LogP contribution >= 0.6 is 0 Å².